The maximum Gasteiger partial charge on any atom is 0.0488 e. The van der Waals surface area contributed by atoms with Crippen molar-refractivity contribution in [1.29, 1.82) is 0 Å². The molecule has 0 heteroatoms. The lowest BCUT2D eigenvalue weighted by molar-refractivity contribution is 0.386. The molecule has 0 bridgehead atoms. The molecule has 2 atom stereocenters. The molecule has 0 N–H and O–H groups in total. The fourth-order valence-corrected chi connectivity index (χ4v) is 7.68. The van der Waals surface area contributed by atoms with Gasteiger partial charge in [0.15, 0.2) is 0 Å². The average molecular weight is 505 g/mol. The first-order valence-corrected chi connectivity index (χ1v) is 14.5. The molecule has 0 amide bonds. The second-order valence-electron chi connectivity index (χ2n) is 11.8. The van der Waals surface area contributed by atoms with Gasteiger partial charge in [-0.15, -0.1) is 0 Å². The van der Waals surface area contributed by atoms with Gasteiger partial charge in [-0.05, 0) is 95.5 Å². The van der Waals surface area contributed by atoms with Gasteiger partial charge < -0.3 is 0 Å². The van der Waals surface area contributed by atoms with Crippen LogP contribution in [0.15, 0.2) is 121 Å². The Morgan fingerprint density at radius 2 is 1.23 bits per heavy atom. The van der Waals surface area contributed by atoms with E-state index in [0.29, 0.717) is 11.8 Å². The minimum absolute atomic E-state index is 0.116. The standard InChI is InChI=1S/C39H36/c1-27-14-19-33(20-15-27)39(34-21-16-28(2)17-22-34)37-13-7-12-35(37)36-23-18-32(26-38(36)39)31-11-6-10-30(25-31)24-29-8-4-3-5-9-29/h3-6,8-11,14-23,25-26,35,37H,7,12-13,24H2,1-2H3. The molecule has 39 heavy (non-hydrogen) atoms. The van der Waals surface area contributed by atoms with Crippen LogP contribution in [-0.4, -0.2) is 0 Å². The lowest BCUT2D eigenvalue weighted by Crippen LogP contribution is -2.34. The van der Waals surface area contributed by atoms with Gasteiger partial charge >= 0.3 is 0 Å². The predicted molar refractivity (Wildman–Crippen MR) is 163 cm³/mol. The van der Waals surface area contributed by atoms with Gasteiger partial charge in [-0.2, -0.15) is 0 Å². The van der Waals surface area contributed by atoms with Crippen molar-refractivity contribution >= 4 is 0 Å². The number of hydrogen-bond acceptors (Lipinski definition) is 0. The van der Waals surface area contributed by atoms with E-state index in [0.717, 1.165) is 6.42 Å². The van der Waals surface area contributed by atoms with E-state index in [2.05, 4.69) is 135 Å². The van der Waals surface area contributed by atoms with Crippen molar-refractivity contribution in [3.05, 3.63) is 166 Å². The van der Waals surface area contributed by atoms with E-state index in [1.54, 1.807) is 5.56 Å². The number of hydrogen-bond donors (Lipinski definition) is 0. The molecule has 2 aliphatic carbocycles. The van der Waals surface area contributed by atoms with Gasteiger partial charge in [-0.25, -0.2) is 0 Å². The van der Waals surface area contributed by atoms with Crippen LogP contribution in [-0.2, 0) is 11.8 Å². The maximum atomic E-state index is 2.55. The Kier molecular flexibility index (Phi) is 6.00. The van der Waals surface area contributed by atoms with Gasteiger partial charge in [0.1, 0.15) is 0 Å². The Labute approximate surface area is 233 Å². The Morgan fingerprint density at radius 3 is 1.92 bits per heavy atom. The number of fused-ring (bicyclic) bond motifs is 3. The van der Waals surface area contributed by atoms with Crippen molar-refractivity contribution in [3.8, 4) is 11.1 Å². The van der Waals surface area contributed by atoms with Gasteiger partial charge in [0.2, 0.25) is 0 Å². The summed E-state index contributed by atoms with van der Waals surface area (Å²) in [6.07, 6.45) is 4.85. The van der Waals surface area contributed by atoms with Crippen LogP contribution in [0.2, 0.25) is 0 Å². The summed E-state index contributed by atoms with van der Waals surface area (Å²) in [5, 5.41) is 0. The molecule has 0 aliphatic heterocycles. The molecule has 0 heterocycles. The third kappa shape index (κ3) is 4.05. The second kappa shape index (κ2) is 9.69. The van der Waals surface area contributed by atoms with E-state index in [1.165, 1.54) is 69.3 Å². The summed E-state index contributed by atoms with van der Waals surface area (Å²) >= 11 is 0. The lowest BCUT2D eigenvalue weighted by Gasteiger charge is -2.38. The van der Waals surface area contributed by atoms with E-state index in [4.69, 9.17) is 0 Å². The number of aryl methyl sites for hydroxylation is 2. The third-order valence-electron chi connectivity index (χ3n) is 9.47. The topological polar surface area (TPSA) is 0 Å². The van der Waals surface area contributed by atoms with Gasteiger partial charge in [0.05, 0.1) is 0 Å². The Morgan fingerprint density at radius 1 is 0.590 bits per heavy atom. The smallest absolute Gasteiger partial charge is 0.0488 e. The Balaban J connectivity index is 1.41. The van der Waals surface area contributed by atoms with Gasteiger partial charge in [-0.3, -0.25) is 0 Å². The lowest BCUT2D eigenvalue weighted by atomic mass is 9.64. The van der Waals surface area contributed by atoms with Gasteiger partial charge in [0.25, 0.3) is 0 Å². The summed E-state index contributed by atoms with van der Waals surface area (Å²) in [7, 11) is 0. The molecular formula is C39H36. The molecule has 0 saturated heterocycles. The van der Waals surface area contributed by atoms with Crippen LogP contribution in [0.25, 0.3) is 11.1 Å². The van der Waals surface area contributed by atoms with Crippen LogP contribution < -0.4 is 0 Å². The molecule has 0 spiro atoms. The zero-order valence-corrected chi connectivity index (χ0v) is 23.0. The first-order chi connectivity index (χ1) is 19.1. The highest BCUT2D eigenvalue weighted by molar-refractivity contribution is 5.70. The number of rotatable bonds is 5. The van der Waals surface area contributed by atoms with Crippen LogP contribution in [0, 0.1) is 19.8 Å². The maximum absolute atomic E-state index is 2.55. The molecule has 5 aromatic rings. The van der Waals surface area contributed by atoms with Crippen LogP contribution in [0.3, 0.4) is 0 Å². The van der Waals surface area contributed by atoms with Crippen molar-refractivity contribution in [2.24, 2.45) is 5.92 Å². The Hall–Kier alpha value is -3.90. The molecule has 0 aromatic heterocycles. The molecule has 1 fully saturated rings. The molecular weight excluding hydrogens is 468 g/mol. The van der Waals surface area contributed by atoms with E-state index in [1.807, 2.05) is 0 Å². The zero-order valence-electron chi connectivity index (χ0n) is 23.0. The minimum Gasteiger partial charge on any atom is -0.0622 e. The fraction of sp³-hybridized carbons (Fsp3) is 0.231. The summed E-state index contributed by atoms with van der Waals surface area (Å²) in [6.45, 7) is 4.40. The fourth-order valence-electron chi connectivity index (χ4n) is 7.68. The molecule has 5 aromatic carbocycles. The van der Waals surface area contributed by atoms with Crippen LogP contribution in [0.4, 0.5) is 0 Å². The third-order valence-corrected chi connectivity index (χ3v) is 9.47. The highest BCUT2D eigenvalue weighted by atomic mass is 14.6. The largest absolute Gasteiger partial charge is 0.0622 e. The van der Waals surface area contributed by atoms with Gasteiger partial charge in [0, 0.05) is 5.41 Å². The summed E-state index contributed by atoms with van der Waals surface area (Å²) < 4.78 is 0. The van der Waals surface area contributed by atoms with Crippen molar-refractivity contribution in [2.45, 2.75) is 50.9 Å². The van der Waals surface area contributed by atoms with E-state index < -0.39 is 0 Å². The second-order valence-corrected chi connectivity index (χ2v) is 11.8. The van der Waals surface area contributed by atoms with Crippen LogP contribution >= 0.6 is 0 Å². The summed E-state index contributed by atoms with van der Waals surface area (Å²) in [6, 6.07) is 46.2. The molecule has 0 nitrogen and oxygen atoms in total. The Bertz CT molecular complexity index is 1560. The van der Waals surface area contributed by atoms with Crippen molar-refractivity contribution in [3.63, 3.8) is 0 Å². The van der Waals surface area contributed by atoms with E-state index in [-0.39, 0.29) is 5.41 Å². The number of benzene rings is 5. The van der Waals surface area contributed by atoms with Gasteiger partial charge in [-0.1, -0.05) is 133 Å². The monoisotopic (exact) mass is 504 g/mol. The molecule has 1 saturated carbocycles. The molecule has 2 aliphatic rings. The molecule has 0 radical (unpaired) electrons. The van der Waals surface area contributed by atoms with E-state index >= 15 is 0 Å². The summed E-state index contributed by atoms with van der Waals surface area (Å²) in [4.78, 5) is 0. The molecule has 2 unspecified atom stereocenters. The van der Waals surface area contributed by atoms with E-state index in [9.17, 15) is 0 Å². The first kappa shape index (κ1) is 24.2. The predicted octanol–water partition coefficient (Wildman–Crippen LogP) is 9.79. The molecule has 7 rings (SSSR count). The normalized spacial score (nSPS) is 19.0. The zero-order chi connectivity index (χ0) is 26.4. The highest BCUT2D eigenvalue weighted by Crippen LogP contribution is 2.63. The average Bonchev–Trinajstić information content (AvgIpc) is 3.55. The van der Waals surface area contributed by atoms with Crippen molar-refractivity contribution in [2.75, 3.05) is 0 Å². The summed E-state index contributed by atoms with van der Waals surface area (Å²) in [5.74, 6) is 1.22. The van der Waals surface area contributed by atoms with Crippen molar-refractivity contribution < 1.29 is 0 Å². The highest BCUT2D eigenvalue weighted by Gasteiger charge is 2.55. The van der Waals surface area contributed by atoms with Crippen molar-refractivity contribution in [1.82, 2.24) is 0 Å². The summed E-state index contributed by atoms with van der Waals surface area (Å²) in [5.41, 5.74) is 13.9. The quantitative estimate of drug-likeness (QED) is 0.223. The SMILES string of the molecule is Cc1ccc(C2(c3ccc(C)cc3)c3cc(-c4cccc(Cc5ccccc5)c4)ccc3C3CCCC32)cc1. The first-order valence-electron chi connectivity index (χ1n) is 14.5. The van der Waals surface area contributed by atoms with Crippen LogP contribution in [0.1, 0.15) is 69.7 Å². The molecule has 192 valence electrons. The minimum atomic E-state index is -0.116. The van der Waals surface area contributed by atoms with Crippen LogP contribution in [0.5, 0.6) is 0 Å².